The Morgan fingerprint density at radius 2 is 1.74 bits per heavy atom. The van der Waals surface area contributed by atoms with Gasteiger partial charge in [-0.3, -0.25) is 4.90 Å². The van der Waals surface area contributed by atoms with E-state index in [0.717, 1.165) is 63.0 Å². The molecule has 2 saturated heterocycles. The summed E-state index contributed by atoms with van der Waals surface area (Å²) in [6, 6.07) is 5.72. The monoisotopic (exact) mass is 498 g/mol. The van der Waals surface area contributed by atoms with Crippen LogP contribution in [0.25, 0.3) is 0 Å². The van der Waals surface area contributed by atoms with Crippen LogP contribution >= 0.6 is 15.9 Å². The molecule has 0 spiro atoms. The minimum atomic E-state index is -4.34. The molecule has 1 aromatic heterocycles. The van der Waals surface area contributed by atoms with Gasteiger partial charge < -0.3 is 15.5 Å². The second-order valence-corrected chi connectivity index (χ2v) is 8.86. The van der Waals surface area contributed by atoms with Gasteiger partial charge in [0.2, 0.25) is 0 Å². The number of nitrogens with zero attached hydrogens (tertiary/aromatic N) is 5. The van der Waals surface area contributed by atoms with Crippen molar-refractivity contribution in [2.45, 2.75) is 25.1 Å². The summed E-state index contributed by atoms with van der Waals surface area (Å²) >= 11 is 3.46. The van der Waals surface area contributed by atoms with Gasteiger partial charge in [0.15, 0.2) is 0 Å². The summed E-state index contributed by atoms with van der Waals surface area (Å²) in [5, 5.41) is 0. The van der Waals surface area contributed by atoms with Crippen LogP contribution in [-0.2, 0) is 6.18 Å². The quantitative estimate of drug-likeness (QED) is 0.676. The van der Waals surface area contributed by atoms with E-state index in [1.165, 1.54) is 18.5 Å². The van der Waals surface area contributed by atoms with Crippen molar-refractivity contribution in [3.05, 3.63) is 46.2 Å². The second kappa shape index (κ2) is 9.30. The number of hydrogen-bond acceptors (Lipinski definition) is 6. The van der Waals surface area contributed by atoms with Gasteiger partial charge in [-0.2, -0.15) is 13.2 Å². The average Bonchev–Trinajstić information content (AvgIpc) is 3.27. The summed E-state index contributed by atoms with van der Waals surface area (Å²) < 4.78 is 40.7. The van der Waals surface area contributed by atoms with Crippen LogP contribution in [0.3, 0.4) is 0 Å². The molecule has 0 aliphatic carbocycles. The van der Waals surface area contributed by atoms with Crippen LogP contribution in [0, 0.1) is 0 Å². The molecule has 0 saturated carbocycles. The summed E-state index contributed by atoms with van der Waals surface area (Å²) in [6.45, 7) is 5.63. The van der Waals surface area contributed by atoms with E-state index < -0.39 is 11.7 Å². The third-order valence-corrected chi connectivity index (χ3v) is 6.84. The SMILES string of the molecule is Nc1ncnc(N2CCN(C(CN3CCCC3)c3cccc(C(F)(F)F)c3)CC2)c1Br. The van der Waals surface area contributed by atoms with E-state index >= 15 is 0 Å². The maximum Gasteiger partial charge on any atom is 0.416 e. The standard InChI is InChI=1S/C21H26BrF3N6/c22-18-19(26)27-14-28-20(18)31-10-8-30(9-11-31)17(13-29-6-1-2-7-29)15-4-3-5-16(12-15)21(23,24)25/h3-5,12,14,17H,1-2,6-11,13H2,(H2,26,27,28). The van der Waals surface area contributed by atoms with E-state index in [1.807, 2.05) is 6.07 Å². The van der Waals surface area contributed by atoms with Gasteiger partial charge in [-0.15, -0.1) is 0 Å². The Balaban J connectivity index is 1.53. The first-order valence-electron chi connectivity index (χ1n) is 10.5. The number of anilines is 2. The van der Waals surface area contributed by atoms with Crippen LogP contribution in [0.2, 0.25) is 0 Å². The molecule has 2 fully saturated rings. The Bertz CT molecular complexity index is 895. The molecule has 2 aliphatic heterocycles. The van der Waals surface area contributed by atoms with Crippen LogP contribution < -0.4 is 10.6 Å². The van der Waals surface area contributed by atoms with Crippen molar-refractivity contribution in [2.75, 3.05) is 56.4 Å². The molecule has 2 aliphatic rings. The number of alkyl halides is 3. The number of hydrogen-bond donors (Lipinski definition) is 1. The molecule has 0 bridgehead atoms. The molecule has 2 aromatic rings. The number of nitrogens with two attached hydrogens (primary N) is 1. The molecular weight excluding hydrogens is 473 g/mol. The smallest absolute Gasteiger partial charge is 0.383 e. The molecule has 0 amide bonds. The van der Waals surface area contributed by atoms with E-state index in [4.69, 9.17) is 5.73 Å². The molecule has 1 aromatic carbocycles. The van der Waals surface area contributed by atoms with Crippen LogP contribution in [0.4, 0.5) is 24.8 Å². The Kier molecular flexibility index (Phi) is 6.68. The molecule has 1 unspecified atom stereocenters. The van der Waals surface area contributed by atoms with Crippen molar-refractivity contribution in [1.29, 1.82) is 0 Å². The lowest BCUT2D eigenvalue weighted by molar-refractivity contribution is -0.137. The van der Waals surface area contributed by atoms with Crippen LogP contribution in [0.15, 0.2) is 35.1 Å². The molecule has 168 valence electrons. The largest absolute Gasteiger partial charge is 0.416 e. The van der Waals surface area contributed by atoms with Gasteiger partial charge in [0.25, 0.3) is 0 Å². The van der Waals surface area contributed by atoms with Gasteiger partial charge >= 0.3 is 6.18 Å². The normalized spacial score (nSPS) is 19.7. The highest BCUT2D eigenvalue weighted by Gasteiger charge is 2.33. The Morgan fingerprint density at radius 1 is 1.03 bits per heavy atom. The predicted molar refractivity (Wildman–Crippen MR) is 118 cm³/mol. The molecule has 2 N–H and O–H groups in total. The summed E-state index contributed by atoms with van der Waals surface area (Å²) in [7, 11) is 0. The Morgan fingerprint density at radius 3 is 2.42 bits per heavy atom. The summed E-state index contributed by atoms with van der Waals surface area (Å²) in [6.07, 6.45) is -0.606. The van der Waals surface area contributed by atoms with Crippen LogP contribution in [0.1, 0.15) is 30.0 Å². The molecular formula is C21H26BrF3N6. The molecule has 10 heteroatoms. The highest BCUT2D eigenvalue weighted by molar-refractivity contribution is 9.10. The van der Waals surface area contributed by atoms with Crippen molar-refractivity contribution < 1.29 is 13.2 Å². The summed E-state index contributed by atoms with van der Waals surface area (Å²) in [5.74, 6) is 1.14. The Hall–Kier alpha value is -1.91. The zero-order chi connectivity index (χ0) is 22.0. The fraction of sp³-hybridized carbons (Fsp3) is 0.524. The van der Waals surface area contributed by atoms with E-state index in [-0.39, 0.29) is 6.04 Å². The molecule has 1 atom stereocenters. The highest BCUT2D eigenvalue weighted by Crippen LogP contribution is 2.34. The number of benzene rings is 1. The fourth-order valence-corrected chi connectivity index (χ4v) is 4.86. The van der Waals surface area contributed by atoms with Gasteiger partial charge in [0.1, 0.15) is 22.4 Å². The second-order valence-electron chi connectivity index (χ2n) is 8.07. The van der Waals surface area contributed by atoms with E-state index in [2.05, 4.69) is 40.6 Å². The van der Waals surface area contributed by atoms with E-state index in [0.29, 0.717) is 23.4 Å². The number of aromatic nitrogens is 2. The number of piperazine rings is 1. The first-order chi connectivity index (χ1) is 14.8. The van der Waals surface area contributed by atoms with Gasteiger partial charge in [-0.05, 0) is 59.6 Å². The van der Waals surface area contributed by atoms with Crippen molar-refractivity contribution in [1.82, 2.24) is 19.8 Å². The van der Waals surface area contributed by atoms with Crippen molar-refractivity contribution in [2.24, 2.45) is 0 Å². The van der Waals surface area contributed by atoms with E-state index in [9.17, 15) is 13.2 Å². The van der Waals surface area contributed by atoms with Gasteiger partial charge in [-0.1, -0.05) is 12.1 Å². The Labute approximate surface area is 188 Å². The molecule has 31 heavy (non-hydrogen) atoms. The lowest BCUT2D eigenvalue weighted by Crippen LogP contribution is -2.50. The first kappa shape index (κ1) is 22.3. The van der Waals surface area contributed by atoms with E-state index in [1.54, 1.807) is 0 Å². The third-order valence-electron chi connectivity index (χ3n) is 6.08. The number of nitrogen functional groups attached to an aromatic ring is 1. The van der Waals surface area contributed by atoms with Gasteiger partial charge in [0, 0.05) is 38.8 Å². The average molecular weight is 499 g/mol. The molecule has 3 heterocycles. The molecule has 4 rings (SSSR count). The third kappa shape index (κ3) is 5.12. The van der Waals surface area contributed by atoms with Crippen LogP contribution in [0.5, 0.6) is 0 Å². The zero-order valence-corrected chi connectivity index (χ0v) is 18.7. The minimum Gasteiger partial charge on any atom is -0.383 e. The first-order valence-corrected chi connectivity index (χ1v) is 11.3. The number of halogens is 4. The maximum absolute atomic E-state index is 13.3. The van der Waals surface area contributed by atoms with Crippen molar-refractivity contribution in [3.63, 3.8) is 0 Å². The molecule has 0 radical (unpaired) electrons. The molecule has 6 nitrogen and oxygen atoms in total. The lowest BCUT2D eigenvalue weighted by atomic mass is 10.0. The van der Waals surface area contributed by atoms with Crippen molar-refractivity contribution in [3.8, 4) is 0 Å². The maximum atomic E-state index is 13.3. The van der Waals surface area contributed by atoms with Gasteiger partial charge in [-0.25, -0.2) is 9.97 Å². The lowest BCUT2D eigenvalue weighted by Gasteiger charge is -2.41. The number of rotatable bonds is 5. The predicted octanol–water partition coefficient (Wildman–Crippen LogP) is 3.80. The fourth-order valence-electron chi connectivity index (χ4n) is 4.40. The van der Waals surface area contributed by atoms with Gasteiger partial charge in [0.05, 0.1) is 5.56 Å². The zero-order valence-electron chi connectivity index (χ0n) is 17.2. The minimum absolute atomic E-state index is 0.0820. The van der Waals surface area contributed by atoms with Crippen molar-refractivity contribution >= 4 is 27.6 Å². The topological polar surface area (TPSA) is 61.5 Å². The summed E-state index contributed by atoms with van der Waals surface area (Å²) in [5.41, 5.74) is 6.02. The van der Waals surface area contributed by atoms with Crippen LogP contribution in [-0.4, -0.2) is 65.6 Å². The highest BCUT2D eigenvalue weighted by atomic mass is 79.9. The number of likely N-dealkylation sites (tertiary alicyclic amines) is 1. The summed E-state index contributed by atoms with van der Waals surface area (Å²) in [4.78, 5) is 15.1.